The van der Waals surface area contributed by atoms with Crippen LogP contribution in [0.15, 0.2) is 81.0 Å². The summed E-state index contributed by atoms with van der Waals surface area (Å²) in [6.45, 7) is 0.468. The zero-order valence-corrected chi connectivity index (χ0v) is 15.2. The molecule has 0 amide bonds. The number of nitrogen functional groups attached to an aromatic ring is 1. The number of phenols is 1. The fourth-order valence-corrected chi connectivity index (χ4v) is 3.22. The Hall–Kier alpha value is -2.11. The van der Waals surface area contributed by atoms with Crippen molar-refractivity contribution in [2.45, 2.75) is 16.4 Å². The smallest absolute Gasteiger partial charge is 0.119 e. The molecule has 5 heteroatoms. The number of aromatic hydroxyl groups is 1. The maximum atomic E-state index is 9.33. The van der Waals surface area contributed by atoms with Crippen molar-refractivity contribution in [3.63, 3.8) is 0 Å². The summed E-state index contributed by atoms with van der Waals surface area (Å²) in [6.07, 6.45) is 0. The van der Waals surface area contributed by atoms with E-state index in [1.807, 2.05) is 54.6 Å². The van der Waals surface area contributed by atoms with Gasteiger partial charge in [-0.05, 0) is 66.2 Å². The van der Waals surface area contributed by atoms with Gasteiger partial charge in [-0.2, -0.15) is 0 Å². The molecule has 3 nitrogen and oxygen atoms in total. The van der Waals surface area contributed by atoms with Crippen LogP contribution in [0.1, 0.15) is 5.56 Å². The van der Waals surface area contributed by atoms with E-state index in [2.05, 4.69) is 15.9 Å². The molecule has 3 aromatic rings. The number of nitrogens with two attached hydrogens (primary N) is 1. The molecule has 0 aromatic heterocycles. The zero-order valence-electron chi connectivity index (χ0n) is 12.8. The second-order valence-corrected chi connectivity index (χ2v) is 7.24. The molecule has 3 rings (SSSR count). The lowest BCUT2D eigenvalue weighted by Gasteiger charge is -2.10. The van der Waals surface area contributed by atoms with E-state index in [4.69, 9.17) is 10.5 Å². The average molecular weight is 402 g/mol. The third kappa shape index (κ3) is 4.46. The van der Waals surface area contributed by atoms with Gasteiger partial charge in [0.05, 0.1) is 0 Å². The molecule has 3 N–H and O–H groups in total. The summed E-state index contributed by atoms with van der Waals surface area (Å²) in [7, 11) is 0. The fourth-order valence-electron chi connectivity index (χ4n) is 2.12. The summed E-state index contributed by atoms with van der Waals surface area (Å²) in [5.74, 6) is 1.08. The van der Waals surface area contributed by atoms with Gasteiger partial charge in [-0.15, -0.1) is 0 Å². The van der Waals surface area contributed by atoms with Gasteiger partial charge in [-0.3, -0.25) is 0 Å². The summed E-state index contributed by atoms with van der Waals surface area (Å²) in [5.41, 5.74) is 7.89. The topological polar surface area (TPSA) is 55.5 Å². The Morgan fingerprint density at radius 1 is 0.958 bits per heavy atom. The van der Waals surface area contributed by atoms with Gasteiger partial charge in [-0.1, -0.05) is 33.8 Å². The van der Waals surface area contributed by atoms with E-state index >= 15 is 0 Å². The number of ether oxygens (including phenoxy) is 1. The summed E-state index contributed by atoms with van der Waals surface area (Å²) in [4.78, 5) is 2.01. The van der Waals surface area contributed by atoms with Crippen molar-refractivity contribution in [1.29, 1.82) is 0 Å². The highest BCUT2D eigenvalue weighted by Crippen LogP contribution is 2.33. The molecule has 0 atom stereocenters. The molecule has 0 aliphatic carbocycles. The van der Waals surface area contributed by atoms with Gasteiger partial charge in [0, 0.05) is 20.0 Å². The molecule has 3 aromatic carbocycles. The van der Waals surface area contributed by atoms with Crippen LogP contribution >= 0.6 is 27.7 Å². The van der Waals surface area contributed by atoms with Crippen LogP contribution in [0.3, 0.4) is 0 Å². The minimum Gasteiger partial charge on any atom is -0.508 e. The molecule has 0 aliphatic rings. The summed E-state index contributed by atoms with van der Waals surface area (Å²) >= 11 is 4.97. The van der Waals surface area contributed by atoms with Crippen molar-refractivity contribution in [3.8, 4) is 11.5 Å². The van der Waals surface area contributed by atoms with Crippen LogP contribution in [0, 0.1) is 0 Å². The number of rotatable bonds is 5. The molecule has 0 fully saturated rings. The van der Waals surface area contributed by atoms with Gasteiger partial charge in [0.1, 0.15) is 18.1 Å². The van der Waals surface area contributed by atoms with Gasteiger partial charge in [0.15, 0.2) is 0 Å². The average Bonchev–Trinajstić information content (AvgIpc) is 2.58. The maximum absolute atomic E-state index is 9.33. The van der Waals surface area contributed by atoms with Gasteiger partial charge < -0.3 is 15.6 Å². The van der Waals surface area contributed by atoms with Crippen LogP contribution in [0.25, 0.3) is 0 Å². The second-order valence-electron chi connectivity index (χ2n) is 5.21. The molecule has 122 valence electrons. The second kappa shape index (κ2) is 7.64. The number of hydrogen-bond acceptors (Lipinski definition) is 4. The quantitative estimate of drug-likeness (QED) is 0.556. The number of hydrogen-bond donors (Lipinski definition) is 2. The Kier molecular flexibility index (Phi) is 5.33. The summed E-state index contributed by atoms with van der Waals surface area (Å²) in [5, 5.41) is 9.33. The zero-order chi connectivity index (χ0) is 16.9. The Morgan fingerprint density at radius 3 is 2.33 bits per heavy atom. The monoisotopic (exact) mass is 401 g/mol. The van der Waals surface area contributed by atoms with E-state index in [9.17, 15) is 5.11 Å². The van der Waals surface area contributed by atoms with Crippen molar-refractivity contribution in [2.75, 3.05) is 5.73 Å². The predicted molar refractivity (Wildman–Crippen MR) is 102 cm³/mol. The molecular weight excluding hydrogens is 386 g/mol. The molecule has 0 heterocycles. The summed E-state index contributed by atoms with van der Waals surface area (Å²) in [6, 6.07) is 20.7. The first-order valence-corrected chi connectivity index (χ1v) is 8.95. The minimum atomic E-state index is 0.257. The SMILES string of the molecule is Nc1cc(COc2ccc(Br)cc2)ccc1Sc1ccc(O)cc1. The molecule has 0 spiro atoms. The largest absolute Gasteiger partial charge is 0.508 e. The fraction of sp³-hybridized carbons (Fsp3) is 0.0526. The molecule has 0 aliphatic heterocycles. The lowest BCUT2D eigenvalue weighted by atomic mass is 10.2. The van der Waals surface area contributed by atoms with E-state index in [1.165, 1.54) is 0 Å². The van der Waals surface area contributed by atoms with Crippen LogP contribution < -0.4 is 10.5 Å². The third-order valence-corrected chi connectivity index (χ3v) is 4.99. The highest BCUT2D eigenvalue weighted by Gasteiger charge is 2.05. The van der Waals surface area contributed by atoms with Gasteiger partial charge >= 0.3 is 0 Å². The van der Waals surface area contributed by atoms with Crippen molar-refractivity contribution in [2.24, 2.45) is 0 Å². The Morgan fingerprint density at radius 2 is 1.67 bits per heavy atom. The van der Waals surface area contributed by atoms with Crippen LogP contribution in [-0.4, -0.2) is 5.11 Å². The summed E-state index contributed by atoms with van der Waals surface area (Å²) < 4.78 is 6.79. The standard InChI is InChI=1S/C19H16BrNO2S/c20-14-2-6-16(7-3-14)23-12-13-1-10-19(18(21)11-13)24-17-8-4-15(22)5-9-17/h1-11,22H,12,21H2. The number of halogens is 1. The van der Waals surface area contributed by atoms with Crippen LogP contribution in [0.4, 0.5) is 5.69 Å². The first-order valence-electron chi connectivity index (χ1n) is 7.34. The van der Waals surface area contributed by atoms with Gasteiger partial charge in [0.25, 0.3) is 0 Å². The molecule has 0 bridgehead atoms. The highest BCUT2D eigenvalue weighted by atomic mass is 79.9. The van der Waals surface area contributed by atoms with E-state index in [-0.39, 0.29) is 5.75 Å². The van der Waals surface area contributed by atoms with Crippen molar-refractivity contribution >= 4 is 33.4 Å². The lowest BCUT2D eigenvalue weighted by molar-refractivity contribution is 0.306. The lowest BCUT2D eigenvalue weighted by Crippen LogP contribution is -1.97. The van der Waals surface area contributed by atoms with Crippen molar-refractivity contribution in [1.82, 2.24) is 0 Å². The highest BCUT2D eigenvalue weighted by molar-refractivity contribution is 9.10. The minimum absolute atomic E-state index is 0.257. The van der Waals surface area contributed by atoms with Crippen molar-refractivity contribution in [3.05, 3.63) is 76.8 Å². The van der Waals surface area contributed by atoms with Gasteiger partial charge in [0.2, 0.25) is 0 Å². The van der Waals surface area contributed by atoms with Crippen LogP contribution in [-0.2, 0) is 6.61 Å². The molecule has 0 radical (unpaired) electrons. The molecule has 0 unspecified atom stereocenters. The first-order chi connectivity index (χ1) is 11.6. The predicted octanol–water partition coefficient (Wildman–Crippen LogP) is 5.47. The van der Waals surface area contributed by atoms with Crippen LogP contribution in [0.2, 0.25) is 0 Å². The van der Waals surface area contributed by atoms with E-state index in [1.54, 1.807) is 23.9 Å². The van der Waals surface area contributed by atoms with Gasteiger partial charge in [-0.25, -0.2) is 0 Å². The van der Waals surface area contributed by atoms with Crippen LogP contribution in [0.5, 0.6) is 11.5 Å². The number of anilines is 1. The van der Waals surface area contributed by atoms with E-state index < -0.39 is 0 Å². The molecule has 24 heavy (non-hydrogen) atoms. The molecule has 0 saturated heterocycles. The normalized spacial score (nSPS) is 10.5. The van der Waals surface area contributed by atoms with E-state index in [0.717, 1.165) is 25.6 Å². The Labute approximate surface area is 153 Å². The van der Waals surface area contributed by atoms with Crippen molar-refractivity contribution < 1.29 is 9.84 Å². The Balaban J connectivity index is 1.65. The number of benzene rings is 3. The third-order valence-electron chi connectivity index (χ3n) is 3.36. The number of phenolic OH excluding ortho intramolecular Hbond substituents is 1. The molecular formula is C19H16BrNO2S. The molecule has 0 saturated carbocycles. The maximum Gasteiger partial charge on any atom is 0.119 e. The Bertz CT molecular complexity index is 820. The van der Waals surface area contributed by atoms with E-state index in [0.29, 0.717) is 12.3 Å². The first kappa shape index (κ1) is 16.7.